The van der Waals surface area contributed by atoms with Crippen LogP contribution in [-0.4, -0.2) is 60.4 Å². The van der Waals surface area contributed by atoms with Gasteiger partial charge >= 0.3 is 12.1 Å². The van der Waals surface area contributed by atoms with E-state index in [2.05, 4.69) is 9.71 Å². The number of anilines is 1. The van der Waals surface area contributed by atoms with Crippen molar-refractivity contribution in [3.05, 3.63) is 53.5 Å². The number of carboxylic acid groups (broad SMARTS) is 1. The van der Waals surface area contributed by atoms with Crippen LogP contribution in [0.1, 0.15) is 41.9 Å². The molecule has 2 fully saturated rings. The number of aromatic carboxylic acids is 1. The van der Waals surface area contributed by atoms with E-state index in [0.717, 1.165) is 12.3 Å². The minimum Gasteiger partial charge on any atom is -0.477 e. The van der Waals surface area contributed by atoms with Crippen LogP contribution in [0.2, 0.25) is 0 Å². The van der Waals surface area contributed by atoms with Crippen LogP contribution in [0.15, 0.2) is 36.4 Å². The highest BCUT2D eigenvalue weighted by molar-refractivity contribution is 7.92. The van der Waals surface area contributed by atoms with Crippen LogP contribution in [0.3, 0.4) is 0 Å². The molecule has 1 saturated heterocycles. The maximum absolute atomic E-state index is 14.8. The summed E-state index contributed by atoms with van der Waals surface area (Å²) in [6.07, 6.45) is 1.91. The van der Waals surface area contributed by atoms with Gasteiger partial charge in [-0.1, -0.05) is 24.3 Å². The molecule has 2 aliphatic rings. The molecule has 1 aliphatic carbocycles. The maximum Gasteiger partial charge on any atom is 0.411 e. The quantitative estimate of drug-likeness (QED) is 0.363. The number of hydrogen-bond acceptors (Lipinski definition) is 6. The number of hydrogen-bond donors (Lipinski definition) is 4. The number of nitrogens with zero attached hydrogens (tertiary/aromatic N) is 1. The number of aromatic nitrogens is 1. The van der Waals surface area contributed by atoms with Gasteiger partial charge in [0.2, 0.25) is 10.0 Å². The Labute approximate surface area is 212 Å². The second kappa shape index (κ2) is 8.73. The number of nitrogens with two attached hydrogens (primary N) is 1. The van der Waals surface area contributed by atoms with E-state index in [9.17, 15) is 27.5 Å². The van der Waals surface area contributed by atoms with Crippen molar-refractivity contribution in [2.75, 3.05) is 24.1 Å². The number of rotatable bonds is 7. The Morgan fingerprint density at radius 3 is 2.70 bits per heavy atom. The van der Waals surface area contributed by atoms with Gasteiger partial charge in [0.15, 0.2) is 0 Å². The van der Waals surface area contributed by atoms with Crippen molar-refractivity contribution in [1.29, 1.82) is 0 Å². The van der Waals surface area contributed by atoms with Gasteiger partial charge in [-0.3, -0.25) is 9.62 Å². The zero-order chi connectivity index (χ0) is 26.7. The fraction of sp³-hybridized carbons (Fsp3) is 0.360. The fourth-order valence-corrected chi connectivity index (χ4v) is 6.05. The first-order chi connectivity index (χ1) is 17.4. The molecule has 37 heavy (non-hydrogen) atoms. The molecular weight excluding hydrogens is 503 g/mol. The molecule has 12 heteroatoms. The Morgan fingerprint density at radius 2 is 2.08 bits per heavy atom. The predicted molar refractivity (Wildman–Crippen MR) is 135 cm³/mol. The lowest BCUT2D eigenvalue weighted by atomic mass is 9.71. The summed E-state index contributed by atoms with van der Waals surface area (Å²) < 4.78 is 45.6. The van der Waals surface area contributed by atoms with Crippen LogP contribution < -0.4 is 10.5 Å². The standard InChI is InChI=1S/C25H27FN4O6S/c1-13(30-12-25(36-24(30)33)9-14(10-25)11-27)16-4-3-5-17-20(22(23(31)32)28-21(16)17)15-6-7-19(18(26)8-15)29-37(2,34)35/h3-8,13-14,28-29H,9-12,27H2,1-2H3,(H,31,32)/t13-,14?,25?/m0/s1. The first-order valence-corrected chi connectivity index (χ1v) is 13.7. The van der Waals surface area contributed by atoms with E-state index in [-0.39, 0.29) is 22.5 Å². The van der Waals surface area contributed by atoms with Crippen molar-refractivity contribution in [3.8, 4) is 11.1 Å². The predicted octanol–water partition coefficient (Wildman–Crippen LogP) is 3.66. The Bertz CT molecular complexity index is 1530. The molecule has 2 aromatic carbocycles. The molecule has 0 radical (unpaired) electrons. The van der Waals surface area contributed by atoms with Crippen molar-refractivity contribution in [3.63, 3.8) is 0 Å². The van der Waals surface area contributed by atoms with E-state index in [1.807, 2.05) is 6.92 Å². The third-order valence-corrected chi connectivity index (χ3v) is 7.79. The summed E-state index contributed by atoms with van der Waals surface area (Å²) in [5.74, 6) is -1.76. The monoisotopic (exact) mass is 530 g/mol. The Hall–Kier alpha value is -3.64. The topological polar surface area (TPSA) is 155 Å². The van der Waals surface area contributed by atoms with Gasteiger partial charge in [0.1, 0.15) is 17.1 Å². The molecule has 1 atom stereocenters. The Kier molecular flexibility index (Phi) is 5.91. The molecule has 1 aromatic heterocycles. The van der Waals surface area contributed by atoms with Gasteiger partial charge in [-0.2, -0.15) is 0 Å². The molecule has 1 spiro atoms. The summed E-state index contributed by atoms with van der Waals surface area (Å²) in [6, 6.07) is 8.62. The zero-order valence-corrected chi connectivity index (χ0v) is 21.1. The van der Waals surface area contributed by atoms with E-state index >= 15 is 0 Å². The van der Waals surface area contributed by atoms with Crippen molar-refractivity contribution >= 4 is 38.7 Å². The van der Waals surface area contributed by atoms with Gasteiger partial charge in [-0.05, 0) is 55.5 Å². The van der Waals surface area contributed by atoms with Crippen LogP contribution in [0, 0.1) is 11.7 Å². The summed E-state index contributed by atoms with van der Waals surface area (Å²) in [4.78, 5) is 29.5. The van der Waals surface area contributed by atoms with Crippen LogP contribution in [0.25, 0.3) is 22.0 Å². The third kappa shape index (κ3) is 4.40. The minimum absolute atomic E-state index is 0.150. The van der Waals surface area contributed by atoms with Crippen molar-refractivity contribution < 1.29 is 32.2 Å². The van der Waals surface area contributed by atoms with Crippen LogP contribution >= 0.6 is 0 Å². The number of ether oxygens (including phenoxy) is 1. The Balaban J connectivity index is 1.55. The lowest BCUT2D eigenvalue weighted by Crippen LogP contribution is -2.49. The molecule has 5 rings (SSSR count). The van der Waals surface area contributed by atoms with Crippen molar-refractivity contribution in [1.82, 2.24) is 9.88 Å². The molecule has 10 nitrogen and oxygen atoms in total. The number of H-pyrrole nitrogens is 1. The average molecular weight is 531 g/mol. The molecule has 3 aromatic rings. The van der Waals surface area contributed by atoms with Crippen molar-refractivity contribution in [2.24, 2.45) is 11.7 Å². The van der Waals surface area contributed by atoms with E-state index in [0.29, 0.717) is 48.3 Å². The van der Waals surface area contributed by atoms with E-state index in [1.54, 1.807) is 23.1 Å². The summed E-state index contributed by atoms with van der Waals surface area (Å²) in [6.45, 7) is 2.81. The molecule has 1 amide bonds. The normalized spacial score (nSPS) is 22.2. The molecule has 0 bridgehead atoms. The number of fused-ring (bicyclic) bond motifs is 1. The van der Waals surface area contributed by atoms with Gasteiger partial charge in [-0.15, -0.1) is 0 Å². The molecule has 1 aliphatic heterocycles. The number of nitrogens with one attached hydrogen (secondary N) is 2. The van der Waals surface area contributed by atoms with Gasteiger partial charge < -0.3 is 20.6 Å². The van der Waals surface area contributed by atoms with Crippen LogP contribution in [0.4, 0.5) is 14.9 Å². The minimum atomic E-state index is -3.70. The maximum atomic E-state index is 14.8. The van der Waals surface area contributed by atoms with Gasteiger partial charge in [0.05, 0.1) is 30.0 Å². The van der Waals surface area contributed by atoms with Crippen molar-refractivity contribution in [2.45, 2.75) is 31.4 Å². The highest BCUT2D eigenvalue weighted by Crippen LogP contribution is 2.47. The first-order valence-electron chi connectivity index (χ1n) is 11.8. The second-order valence-corrected chi connectivity index (χ2v) is 11.6. The van der Waals surface area contributed by atoms with Gasteiger partial charge in [-0.25, -0.2) is 22.4 Å². The molecular formula is C25H27FN4O6S. The SMILES string of the molecule is C[C@@H](c1cccc2c(-c3ccc(NS(C)(=O)=O)c(F)c3)c(C(=O)O)[nH]c12)N1CC2(CC(CN)C2)OC1=O. The molecule has 196 valence electrons. The summed E-state index contributed by atoms with van der Waals surface area (Å²) in [5, 5.41) is 10.5. The van der Waals surface area contributed by atoms with Gasteiger partial charge in [0, 0.05) is 10.9 Å². The largest absolute Gasteiger partial charge is 0.477 e. The highest BCUT2D eigenvalue weighted by atomic mass is 32.2. The number of carbonyl (C=O) groups excluding carboxylic acids is 1. The highest BCUT2D eigenvalue weighted by Gasteiger charge is 2.54. The molecule has 5 N–H and O–H groups in total. The van der Waals surface area contributed by atoms with Gasteiger partial charge in [0.25, 0.3) is 0 Å². The first kappa shape index (κ1) is 25.0. The van der Waals surface area contributed by atoms with E-state index < -0.39 is 39.5 Å². The number of sulfonamides is 1. The molecule has 2 heterocycles. The summed E-state index contributed by atoms with van der Waals surface area (Å²) in [7, 11) is -3.70. The lowest BCUT2D eigenvalue weighted by molar-refractivity contribution is -0.0439. The Morgan fingerprint density at radius 1 is 1.35 bits per heavy atom. The molecule has 0 unspecified atom stereocenters. The van der Waals surface area contributed by atoms with Crippen LogP contribution in [-0.2, 0) is 14.8 Å². The number of benzene rings is 2. The number of carboxylic acids is 1. The number of halogens is 1. The summed E-state index contributed by atoms with van der Waals surface area (Å²) in [5.41, 5.74) is 6.52. The van der Waals surface area contributed by atoms with Crippen LogP contribution in [0.5, 0.6) is 0 Å². The molecule has 1 saturated carbocycles. The summed E-state index contributed by atoms with van der Waals surface area (Å²) >= 11 is 0. The number of aromatic amines is 1. The fourth-order valence-electron chi connectivity index (χ4n) is 5.49. The average Bonchev–Trinajstić information content (AvgIpc) is 3.36. The third-order valence-electron chi connectivity index (χ3n) is 7.20. The number of amides is 1. The lowest BCUT2D eigenvalue weighted by Gasteiger charge is -2.42. The smallest absolute Gasteiger partial charge is 0.411 e. The zero-order valence-electron chi connectivity index (χ0n) is 20.2. The number of carbonyl (C=O) groups is 2. The van der Waals surface area contributed by atoms with E-state index in [4.69, 9.17) is 10.5 Å². The number of para-hydroxylation sites is 1. The second-order valence-electron chi connectivity index (χ2n) is 9.88. The van der Waals surface area contributed by atoms with E-state index in [1.165, 1.54) is 12.1 Å².